The average molecular weight is 229 g/mol. The number of nitrogens with two attached hydrogens (primary N) is 4. The molecule has 5 heteroatoms. The van der Waals surface area contributed by atoms with Crippen molar-refractivity contribution in [2.45, 2.75) is 0 Å². The monoisotopic (exact) mass is 229 g/mol. The second-order valence-electron chi connectivity index (χ2n) is 3.82. The van der Waals surface area contributed by atoms with E-state index in [0.29, 0.717) is 22.7 Å². The minimum atomic E-state index is 0.525. The fourth-order valence-electron chi connectivity index (χ4n) is 1.49. The first-order chi connectivity index (χ1) is 8.06. The summed E-state index contributed by atoms with van der Waals surface area (Å²) in [5, 5.41) is 3.14. The van der Waals surface area contributed by atoms with Crippen molar-refractivity contribution < 1.29 is 0 Å². The van der Waals surface area contributed by atoms with Gasteiger partial charge >= 0.3 is 0 Å². The summed E-state index contributed by atoms with van der Waals surface area (Å²) in [5.74, 6) is 0. The molecule has 9 N–H and O–H groups in total. The van der Waals surface area contributed by atoms with Gasteiger partial charge in [0.2, 0.25) is 0 Å². The maximum absolute atomic E-state index is 5.83. The van der Waals surface area contributed by atoms with Crippen LogP contribution in [0, 0.1) is 0 Å². The van der Waals surface area contributed by atoms with Gasteiger partial charge in [0.1, 0.15) is 0 Å². The molecule has 0 bridgehead atoms. The van der Waals surface area contributed by atoms with Crippen LogP contribution in [0.1, 0.15) is 0 Å². The van der Waals surface area contributed by atoms with Crippen molar-refractivity contribution in [2.24, 2.45) is 0 Å². The molecule has 17 heavy (non-hydrogen) atoms. The Morgan fingerprint density at radius 2 is 1.41 bits per heavy atom. The maximum atomic E-state index is 5.83. The minimum absolute atomic E-state index is 0.525. The molecular weight excluding hydrogens is 214 g/mol. The molecule has 2 aromatic carbocycles. The zero-order chi connectivity index (χ0) is 12.4. The summed E-state index contributed by atoms with van der Waals surface area (Å²) in [6.07, 6.45) is 0. The van der Waals surface area contributed by atoms with Crippen molar-refractivity contribution in [1.29, 1.82) is 0 Å². The number of hydrogen-bond acceptors (Lipinski definition) is 5. The molecule has 0 fully saturated rings. The first-order valence-corrected chi connectivity index (χ1v) is 5.13. The fraction of sp³-hybridized carbons (Fsp3) is 0. The van der Waals surface area contributed by atoms with Crippen LogP contribution in [-0.2, 0) is 0 Å². The highest BCUT2D eigenvalue weighted by molar-refractivity contribution is 5.78. The lowest BCUT2D eigenvalue weighted by Crippen LogP contribution is -2.00. The Kier molecular flexibility index (Phi) is 2.66. The van der Waals surface area contributed by atoms with Gasteiger partial charge in [-0.15, -0.1) is 0 Å². The largest absolute Gasteiger partial charge is 0.399 e. The van der Waals surface area contributed by atoms with Gasteiger partial charge < -0.3 is 28.3 Å². The van der Waals surface area contributed by atoms with Gasteiger partial charge in [0.25, 0.3) is 0 Å². The summed E-state index contributed by atoms with van der Waals surface area (Å²) >= 11 is 0. The van der Waals surface area contributed by atoms with Gasteiger partial charge in [-0.05, 0) is 36.4 Å². The molecule has 0 aliphatic rings. The van der Waals surface area contributed by atoms with Crippen LogP contribution in [0.4, 0.5) is 34.1 Å². The zero-order valence-corrected chi connectivity index (χ0v) is 9.27. The molecule has 0 aliphatic heterocycles. The van der Waals surface area contributed by atoms with E-state index in [1.807, 2.05) is 6.07 Å². The van der Waals surface area contributed by atoms with Gasteiger partial charge in [-0.2, -0.15) is 0 Å². The SMILES string of the molecule is Nc1ccc(N)c(Nc2ccc(N)c(N)c2)c1. The molecule has 0 saturated heterocycles. The van der Waals surface area contributed by atoms with Crippen molar-refractivity contribution in [2.75, 3.05) is 28.3 Å². The van der Waals surface area contributed by atoms with E-state index < -0.39 is 0 Å². The van der Waals surface area contributed by atoms with Gasteiger partial charge in [-0.25, -0.2) is 0 Å². The van der Waals surface area contributed by atoms with E-state index in [2.05, 4.69) is 5.32 Å². The van der Waals surface area contributed by atoms with Gasteiger partial charge in [-0.1, -0.05) is 0 Å². The molecule has 2 aromatic rings. The first-order valence-electron chi connectivity index (χ1n) is 5.13. The Hall–Kier alpha value is -2.56. The predicted octanol–water partition coefficient (Wildman–Crippen LogP) is 1.76. The molecule has 0 radical (unpaired) electrons. The molecular formula is C12H15N5. The van der Waals surface area contributed by atoms with Crippen molar-refractivity contribution in [3.8, 4) is 0 Å². The molecule has 0 amide bonds. The number of nitrogens with one attached hydrogen (secondary N) is 1. The van der Waals surface area contributed by atoms with Crippen LogP contribution in [-0.4, -0.2) is 0 Å². The van der Waals surface area contributed by atoms with Crippen LogP contribution >= 0.6 is 0 Å². The van der Waals surface area contributed by atoms with Crippen molar-refractivity contribution in [1.82, 2.24) is 0 Å². The van der Waals surface area contributed by atoms with E-state index in [-0.39, 0.29) is 0 Å². The lowest BCUT2D eigenvalue weighted by Gasteiger charge is -2.11. The van der Waals surface area contributed by atoms with Crippen LogP contribution in [0.5, 0.6) is 0 Å². The number of nitrogen functional groups attached to an aromatic ring is 4. The standard InChI is InChI=1S/C12H15N5/c13-7-1-3-10(15)12(5-7)17-8-2-4-9(14)11(16)6-8/h1-6,17H,13-16H2. The summed E-state index contributed by atoms with van der Waals surface area (Å²) in [5.41, 5.74) is 26.8. The lowest BCUT2D eigenvalue weighted by molar-refractivity contribution is 1.54. The highest BCUT2D eigenvalue weighted by Crippen LogP contribution is 2.27. The predicted molar refractivity (Wildman–Crippen MR) is 73.8 cm³/mol. The molecule has 2 rings (SSSR count). The third-order valence-electron chi connectivity index (χ3n) is 2.44. The van der Waals surface area contributed by atoms with Crippen molar-refractivity contribution in [3.63, 3.8) is 0 Å². The van der Waals surface area contributed by atoms with Crippen LogP contribution in [0.25, 0.3) is 0 Å². The number of rotatable bonds is 2. The van der Waals surface area contributed by atoms with E-state index in [1.165, 1.54) is 0 Å². The third-order valence-corrected chi connectivity index (χ3v) is 2.44. The number of anilines is 6. The molecule has 0 aromatic heterocycles. The lowest BCUT2D eigenvalue weighted by atomic mass is 10.2. The maximum Gasteiger partial charge on any atom is 0.0638 e. The molecule has 5 nitrogen and oxygen atoms in total. The minimum Gasteiger partial charge on any atom is -0.399 e. The Morgan fingerprint density at radius 1 is 0.706 bits per heavy atom. The first kappa shape index (κ1) is 10.9. The zero-order valence-electron chi connectivity index (χ0n) is 9.27. The second-order valence-corrected chi connectivity index (χ2v) is 3.82. The molecule has 0 spiro atoms. The quantitative estimate of drug-likeness (QED) is 0.503. The topological polar surface area (TPSA) is 116 Å². The number of hydrogen-bond donors (Lipinski definition) is 5. The fourth-order valence-corrected chi connectivity index (χ4v) is 1.49. The van der Waals surface area contributed by atoms with Crippen molar-refractivity contribution in [3.05, 3.63) is 36.4 Å². The van der Waals surface area contributed by atoms with E-state index in [1.54, 1.807) is 30.3 Å². The van der Waals surface area contributed by atoms with Gasteiger partial charge in [-0.3, -0.25) is 0 Å². The van der Waals surface area contributed by atoms with Crippen LogP contribution in [0.2, 0.25) is 0 Å². The number of benzene rings is 2. The Morgan fingerprint density at radius 3 is 2.12 bits per heavy atom. The second kappa shape index (κ2) is 4.13. The van der Waals surface area contributed by atoms with E-state index in [0.717, 1.165) is 11.4 Å². The van der Waals surface area contributed by atoms with Gasteiger partial charge in [0.15, 0.2) is 0 Å². The van der Waals surface area contributed by atoms with Crippen LogP contribution in [0.3, 0.4) is 0 Å². The van der Waals surface area contributed by atoms with E-state index >= 15 is 0 Å². The molecule has 0 unspecified atom stereocenters. The van der Waals surface area contributed by atoms with Crippen LogP contribution in [0.15, 0.2) is 36.4 Å². The third kappa shape index (κ3) is 2.34. The van der Waals surface area contributed by atoms with Gasteiger partial charge in [0.05, 0.1) is 22.7 Å². The summed E-state index contributed by atoms with van der Waals surface area (Å²) in [6, 6.07) is 10.6. The van der Waals surface area contributed by atoms with Gasteiger partial charge in [0, 0.05) is 11.4 Å². The summed E-state index contributed by atoms with van der Waals surface area (Å²) in [7, 11) is 0. The smallest absolute Gasteiger partial charge is 0.0638 e. The molecule has 0 heterocycles. The molecule has 0 aliphatic carbocycles. The molecule has 88 valence electrons. The van der Waals surface area contributed by atoms with Crippen LogP contribution < -0.4 is 28.3 Å². The summed E-state index contributed by atoms with van der Waals surface area (Å²) < 4.78 is 0. The Balaban J connectivity index is 2.31. The molecule has 0 saturated carbocycles. The molecule has 0 atom stereocenters. The highest BCUT2D eigenvalue weighted by Gasteiger charge is 2.02. The summed E-state index contributed by atoms with van der Waals surface area (Å²) in [6.45, 7) is 0. The van der Waals surface area contributed by atoms with Crippen molar-refractivity contribution >= 4 is 34.1 Å². The van der Waals surface area contributed by atoms with E-state index in [9.17, 15) is 0 Å². The Labute approximate surface area is 99.4 Å². The van der Waals surface area contributed by atoms with E-state index in [4.69, 9.17) is 22.9 Å². The highest BCUT2D eigenvalue weighted by atomic mass is 14.9. The average Bonchev–Trinajstić information content (AvgIpc) is 2.29. The summed E-state index contributed by atoms with van der Waals surface area (Å²) in [4.78, 5) is 0. The normalized spacial score (nSPS) is 10.1. The Bertz CT molecular complexity index is 551.